The minimum absolute atomic E-state index is 0.316. The largest absolute Gasteiger partial charge is 0.434 e. The molecule has 0 bridgehead atoms. The summed E-state index contributed by atoms with van der Waals surface area (Å²) in [5.74, 6) is -0.559. The van der Waals surface area contributed by atoms with Crippen LogP contribution in [0.4, 0.5) is 17.3 Å². The third kappa shape index (κ3) is 3.79. The topological polar surface area (TPSA) is 144 Å². The minimum atomic E-state index is -1.15. The SMILES string of the molecule is Cc1nc2c(C)nc(N3c4nccc(N5C[C@@H](C)N[C@@H](C)C5)c4CC3OC(=O)C(N)=O)cn2n1. The zero-order valence-electron chi connectivity index (χ0n) is 19.5. The highest BCUT2D eigenvalue weighted by Gasteiger charge is 2.39. The van der Waals surface area contributed by atoms with Crippen LogP contribution in [-0.2, 0) is 20.7 Å². The van der Waals surface area contributed by atoms with Gasteiger partial charge in [0.05, 0.1) is 11.9 Å². The van der Waals surface area contributed by atoms with E-state index in [2.05, 4.69) is 39.1 Å². The zero-order valence-corrected chi connectivity index (χ0v) is 19.5. The summed E-state index contributed by atoms with van der Waals surface area (Å²) in [6.45, 7) is 9.59. The molecule has 2 aliphatic heterocycles. The predicted molar refractivity (Wildman–Crippen MR) is 124 cm³/mol. The van der Waals surface area contributed by atoms with Crippen molar-refractivity contribution >= 4 is 34.8 Å². The number of rotatable bonds is 3. The van der Waals surface area contributed by atoms with E-state index < -0.39 is 18.1 Å². The lowest BCUT2D eigenvalue weighted by atomic mass is 10.1. The fraction of sp³-hybridized carbons (Fsp3) is 0.455. The first-order valence-corrected chi connectivity index (χ1v) is 11.2. The second-order valence-electron chi connectivity index (χ2n) is 8.92. The fourth-order valence-electron chi connectivity index (χ4n) is 4.87. The molecule has 3 aromatic rings. The number of piperazine rings is 1. The van der Waals surface area contributed by atoms with Crippen LogP contribution in [-0.4, -0.2) is 67.8 Å². The van der Waals surface area contributed by atoms with Crippen LogP contribution in [0.15, 0.2) is 18.5 Å². The molecular weight excluding hydrogens is 438 g/mol. The number of primary amides is 1. The molecule has 12 heteroatoms. The van der Waals surface area contributed by atoms with E-state index in [1.165, 1.54) is 0 Å². The molecule has 0 aliphatic carbocycles. The third-order valence-electron chi connectivity index (χ3n) is 6.07. The van der Waals surface area contributed by atoms with E-state index in [0.29, 0.717) is 47.3 Å². The Balaban J connectivity index is 1.61. The van der Waals surface area contributed by atoms with Crippen molar-refractivity contribution in [3.63, 3.8) is 0 Å². The molecular formula is C22H27N9O3. The summed E-state index contributed by atoms with van der Waals surface area (Å²) in [7, 11) is 0. The Morgan fingerprint density at radius 1 is 1.18 bits per heavy atom. The van der Waals surface area contributed by atoms with Crippen molar-refractivity contribution in [3.8, 4) is 0 Å². The number of anilines is 3. The number of pyridine rings is 1. The van der Waals surface area contributed by atoms with Crippen molar-refractivity contribution in [2.24, 2.45) is 5.73 Å². The van der Waals surface area contributed by atoms with Gasteiger partial charge in [-0.1, -0.05) is 0 Å². The summed E-state index contributed by atoms with van der Waals surface area (Å²) >= 11 is 0. The number of fused-ring (bicyclic) bond motifs is 2. The van der Waals surface area contributed by atoms with Gasteiger partial charge in [-0.15, -0.1) is 0 Å². The fourth-order valence-corrected chi connectivity index (χ4v) is 4.87. The maximum Gasteiger partial charge on any atom is 0.398 e. The van der Waals surface area contributed by atoms with Gasteiger partial charge in [-0.3, -0.25) is 9.69 Å². The average Bonchev–Trinajstić information content (AvgIpc) is 3.32. The van der Waals surface area contributed by atoms with E-state index >= 15 is 0 Å². The van der Waals surface area contributed by atoms with Crippen LogP contribution in [0.3, 0.4) is 0 Å². The normalized spacial score (nSPS) is 22.2. The molecule has 3 aromatic heterocycles. The second kappa shape index (κ2) is 8.20. The molecule has 1 fully saturated rings. The lowest BCUT2D eigenvalue weighted by Gasteiger charge is -2.38. The number of amides is 1. The Morgan fingerprint density at radius 2 is 1.91 bits per heavy atom. The molecule has 34 heavy (non-hydrogen) atoms. The first-order chi connectivity index (χ1) is 16.2. The Bertz CT molecular complexity index is 1280. The second-order valence-corrected chi connectivity index (χ2v) is 8.92. The third-order valence-corrected chi connectivity index (χ3v) is 6.07. The number of carbonyl (C=O) groups excluding carboxylic acids is 2. The van der Waals surface area contributed by atoms with Gasteiger partial charge in [-0.05, 0) is 33.8 Å². The highest BCUT2D eigenvalue weighted by atomic mass is 16.6. The molecule has 0 aromatic carbocycles. The minimum Gasteiger partial charge on any atom is -0.434 e. The highest BCUT2D eigenvalue weighted by molar-refractivity contribution is 6.31. The number of esters is 1. The van der Waals surface area contributed by atoms with Gasteiger partial charge in [0.25, 0.3) is 0 Å². The predicted octanol–water partition coefficient (Wildman–Crippen LogP) is 0.372. The van der Waals surface area contributed by atoms with Crippen molar-refractivity contribution in [1.29, 1.82) is 0 Å². The van der Waals surface area contributed by atoms with Gasteiger partial charge in [0.1, 0.15) is 11.6 Å². The van der Waals surface area contributed by atoms with Crippen LogP contribution in [0.25, 0.3) is 5.65 Å². The van der Waals surface area contributed by atoms with Gasteiger partial charge >= 0.3 is 11.9 Å². The molecule has 2 aliphatic rings. The van der Waals surface area contributed by atoms with Gasteiger partial charge < -0.3 is 20.7 Å². The van der Waals surface area contributed by atoms with Crippen molar-refractivity contribution < 1.29 is 14.3 Å². The maximum atomic E-state index is 12.2. The van der Waals surface area contributed by atoms with E-state index in [1.54, 1.807) is 28.7 Å². The highest BCUT2D eigenvalue weighted by Crippen LogP contribution is 2.41. The van der Waals surface area contributed by atoms with Crippen molar-refractivity contribution in [2.45, 2.75) is 52.4 Å². The molecule has 5 rings (SSSR count). The summed E-state index contributed by atoms with van der Waals surface area (Å²) < 4.78 is 7.16. The molecule has 1 amide bonds. The van der Waals surface area contributed by atoms with Gasteiger partial charge in [0, 0.05) is 49.0 Å². The standard InChI is InChI=1S/C22H27N9O3/c1-11-8-29(9-12(2)25-11)16-5-6-24-21-15(16)7-18(34-22(33)19(23)32)31(21)17-10-30-20(13(3)26-17)27-14(4)28-30/h5-6,10-12,18,25H,7-9H2,1-4H3,(H2,23,32)/t11-,12+,18?. The Hall–Kier alpha value is -3.80. The number of nitrogens with two attached hydrogens (primary N) is 1. The number of nitrogens with one attached hydrogen (secondary N) is 1. The molecule has 0 radical (unpaired) electrons. The summed E-state index contributed by atoms with van der Waals surface area (Å²) in [5, 5.41) is 7.95. The average molecular weight is 466 g/mol. The number of ether oxygens (including phenoxy) is 1. The van der Waals surface area contributed by atoms with Crippen LogP contribution in [0.2, 0.25) is 0 Å². The van der Waals surface area contributed by atoms with E-state index in [-0.39, 0.29) is 0 Å². The van der Waals surface area contributed by atoms with E-state index in [9.17, 15) is 9.59 Å². The number of carbonyl (C=O) groups is 2. The van der Waals surface area contributed by atoms with Gasteiger partial charge in [-0.2, -0.15) is 5.10 Å². The number of hydrogen-bond donors (Lipinski definition) is 2. The Morgan fingerprint density at radius 3 is 2.62 bits per heavy atom. The first-order valence-electron chi connectivity index (χ1n) is 11.2. The number of aromatic nitrogens is 5. The zero-order chi connectivity index (χ0) is 24.1. The van der Waals surface area contributed by atoms with E-state index in [4.69, 9.17) is 15.5 Å². The van der Waals surface area contributed by atoms with Crippen LogP contribution in [0.1, 0.15) is 30.9 Å². The number of hydrogen-bond acceptors (Lipinski definition) is 10. The molecule has 178 valence electrons. The number of nitrogens with zero attached hydrogens (tertiary/aromatic N) is 7. The van der Waals surface area contributed by atoms with E-state index in [0.717, 1.165) is 24.3 Å². The molecule has 1 unspecified atom stereocenters. The molecule has 0 saturated carbocycles. The quantitative estimate of drug-likeness (QED) is 0.411. The summed E-state index contributed by atoms with van der Waals surface area (Å²) in [4.78, 5) is 41.4. The Labute approximate surface area is 196 Å². The first kappa shape index (κ1) is 22.0. The smallest absolute Gasteiger partial charge is 0.398 e. The molecule has 3 atom stereocenters. The van der Waals surface area contributed by atoms with Crippen molar-refractivity contribution in [2.75, 3.05) is 22.9 Å². The van der Waals surface area contributed by atoms with Crippen molar-refractivity contribution in [3.05, 3.63) is 35.5 Å². The van der Waals surface area contributed by atoms with Crippen LogP contribution < -0.4 is 20.9 Å². The van der Waals surface area contributed by atoms with Crippen LogP contribution in [0.5, 0.6) is 0 Å². The van der Waals surface area contributed by atoms with E-state index in [1.807, 2.05) is 13.0 Å². The van der Waals surface area contributed by atoms with Crippen molar-refractivity contribution in [1.82, 2.24) is 29.9 Å². The maximum absolute atomic E-state index is 12.2. The Kier molecular flexibility index (Phi) is 5.31. The lowest BCUT2D eigenvalue weighted by Crippen LogP contribution is -2.54. The molecule has 0 spiro atoms. The van der Waals surface area contributed by atoms with Gasteiger partial charge in [-0.25, -0.2) is 24.3 Å². The summed E-state index contributed by atoms with van der Waals surface area (Å²) in [6, 6.07) is 2.61. The number of aryl methyl sites for hydroxylation is 2. The molecule has 1 saturated heterocycles. The van der Waals surface area contributed by atoms with Crippen LogP contribution >= 0.6 is 0 Å². The monoisotopic (exact) mass is 465 g/mol. The van der Waals surface area contributed by atoms with Crippen LogP contribution in [0, 0.1) is 13.8 Å². The van der Waals surface area contributed by atoms with Gasteiger partial charge in [0.2, 0.25) is 0 Å². The summed E-state index contributed by atoms with van der Waals surface area (Å²) in [6.07, 6.45) is 2.95. The summed E-state index contributed by atoms with van der Waals surface area (Å²) in [5.41, 5.74) is 8.41. The molecule has 3 N–H and O–H groups in total. The molecule has 12 nitrogen and oxygen atoms in total. The van der Waals surface area contributed by atoms with Gasteiger partial charge in [0.15, 0.2) is 17.7 Å². The lowest BCUT2D eigenvalue weighted by molar-refractivity contribution is -0.157. The molecule has 5 heterocycles.